The maximum Gasteiger partial charge on any atom is 0.0175 e. The Morgan fingerprint density at radius 2 is 1.73 bits per heavy atom. The van der Waals surface area contributed by atoms with Gasteiger partial charge in [0.2, 0.25) is 0 Å². The van der Waals surface area contributed by atoms with Gasteiger partial charge in [0, 0.05) is 4.47 Å². The summed E-state index contributed by atoms with van der Waals surface area (Å²) in [7, 11) is 0. The van der Waals surface area contributed by atoms with E-state index in [2.05, 4.69) is 46.3 Å². The fourth-order valence-electron chi connectivity index (χ4n) is 1.21. The van der Waals surface area contributed by atoms with E-state index in [-0.39, 0.29) is 0 Å². The van der Waals surface area contributed by atoms with Gasteiger partial charge in [-0.2, -0.15) is 0 Å². The van der Waals surface area contributed by atoms with Crippen LogP contribution in [0.15, 0.2) is 34.8 Å². The van der Waals surface area contributed by atoms with Gasteiger partial charge < -0.3 is 0 Å². The maximum absolute atomic E-state index is 3.42. The van der Waals surface area contributed by atoms with Crippen molar-refractivity contribution >= 4 is 21.5 Å². The van der Waals surface area contributed by atoms with Crippen LogP contribution in [0.5, 0.6) is 0 Å². The smallest absolute Gasteiger partial charge is 0.0175 e. The van der Waals surface area contributed by atoms with Crippen molar-refractivity contribution in [2.24, 2.45) is 0 Å². The molecule has 56 valence electrons. The average molecular weight is 209 g/mol. The van der Waals surface area contributed by atoms with Crippen molar-refractivity contribution in [2.45, 2.75) is 12.8 Å². The van der Waals surface area contributed by atoms with Crippen LogP contribution in [-0.4, -0.2) is 0 Å². The van der Waals surface area contributed by atoms with Crippen LogP contribution in [0.2, 0.25) is 0 Å². The summed E-state index contributed by atoms with van der Waals surface area (Å²) in [4.78, 5) is 0. The molecule has 1 heteroatoms. The lowest BCUT2D eigenvalue weighted by Gasteiger charge is -2.13. The second kappa shape index (κ2) is 2.82. The summed E-state index contributed by atoms with van der Waals surface area (Å²) in [6.45, 7) is 0. The highest BCUT2D eigenvalue weighted by Crippen LogP contribution is 2.29. The first-order valence-corrected chi connectivity index (χ1v) is 4.60. The molecule has 0 aromatic heterocycles. The van der Waals surface area contributed by atoms with Gasteiger partial charge >= 0.3 is 0 Å². The molecule has 1 aliphatic rings. The summed E-state index contributed by atoms with van der Waals surface area (Å²) in [5, 5.41) is 0. The van der Waals surface area contributed by atoms with Gasteiger partial charge in [-0.25, -0.2) is 0 Å². The van der Waals surface area contributed by atoms with Crippen molar-refractivity contribution < 1.29 is 0 Å². The van der Waals surface area contributed by atoms with Crippen molar-refractivity contribution in [1.82, 2.24) is 0 Å². The van der Waals surface area contributed by atoms with E-state index in [1.807, 2.05) is 0 Å². The molecule has 0 amide bonds. The Balaban J connectivity index is 2.32. The number of hydrogen-bond acceptors (Lipinski definition) is 0. The summed E-state index contributed by atoms with van der Waals surface area (Å²) in [6.07, 6.45) is 4.80. The highest BCUT2D eigenvalue weighted by molar-refractivity contribution is 9.10. The molecule has 0 atom stereocenters. The molecule has 0 heterocycles. The minimum atomic E-state index is 1.15. The van der Waals surface area contributed by atoms with Gasteiger partial charge in [-0.3, -0.25) is 0 Å². The Labute approximate surface area is 75.1 Å². The molecule has 0 saturated carbocycles. The second-order valence-corrected chi connectivity index (χ2v) is 3.69. The largest absolute Gasteiger partial charge is 0.0804 e. The molecule has 11 heavy (non-hydrogen) atoms. The van der Waals surface area contributed by atoms with Gasteiger partial charge in [-0.15, -0.1) is 0 Å². The summed E-state index contributed by atoms with van der Waals surface area (Å²) in [5.41, 5.74) is 2.87. The average Bonchev–Trinajstić information content (AvgIpc) is 1.90. The Morgan fingerprint density at radius 3 is 2.18 bits per heavy atom. The number of allylic oxidation sites excluding steroid dienone is 2. The van der Waals surface area contributed by atoms with Gasteiger partial charge in [-0.1, -0.05) is 34.1 Å². The van der Waals surface area contributed by atoms with Crippen LogP contribution >= 0.6 is 15.9 Å². The van der Waals surface area contributed by atoms with Gasteiger partial charge in [0.05, 0.1) is 0 Å². The van der Waals surface area contributed by atoms with Gasteiger partial charge in [-0.05, 0) is 36.1 Å². The molecule has 0 spiro atoms. The minimum Gasteiger partial charge on any atom is -0.0804 e. The Kier molecular flexibility index (Phi) is 1.82. The Bertz CT molecular complexity index is 282. The summed E-state index contributed by atoms with van der Waals surface area (Å²) >= 11 is 3.42. The van der Waals surface area contributed by atoms with E-state index in [0.29, 0.717) is 0 Å². The zero-order chi connectivity index (χ0) is 7.68. The standard InChI is InChI=1S/C10H9Br/c11-10-6-4-9(5-7-10)8-2-1-3-8/h2,4-7H,1,3H2. The quantitative estimate of drug-likeness (QED) is 0.662. The Hall–Kier alpha value is -0.560. The van der Waals surface area contributed by atoms with Gasteiger partial charge in [0.1, 0.15) is 0 Å². The lowest BCUT2D eigenvalue weighted by molar-refractivity contribution is 0.988. The van der Waals surface area contributed by atoms with Crippen LogP contribution in [0.25, 0.3) is 5.57 Å². The molecule has 1 aliphatic carbocycles. The predicted octanol–water partition coefficient (Wildman–Crippen LogP) is 3.63. The summed E-state index contributed by atoms with van der Waals surface area (Å²) < 4.78 is 1.15. The molecule has 0 aliphatic heterocycles. The Morgan fingerprint density at radius 1 is 1.09 bits per heavy atom. The molecule has 0 bridgehead atoms. The maximum atomic E-state index is 3.42. The van der Waals surface area contributed by atoms with Crippen molar-refractivity contribution in [2.75, 3.05) is 0 Å². The number of benzene rings is 1. The van der Waals surface area contributed by atoms with Crippen LogP contribution in [-0.2, 0) is 0 Å². The van der Waals surface area contributed by atoms with Crippen LogP contribution in [0, 0.1) is 0 Å². The molecule has 0 radical (unpaired) electrons. The van der Waals surface area contributed by atoms with Crippen LogP contribution in [0.3, 0.4) is 0 Å². The predicted molar refractivity (Wildman–Crippen MR) is 51.4 cm³/mol. The molecule has 0 nitrogen and oxygen atoms in total. The third-order valence-electron chi connectivity index (χ3n) is 2.02. The van der Waals surface area contributed by atoms with Gasteiger partial charge in [0.15, 0.2) is 0 Å². The molecule has 1 aromatic rings. The highest BCUT2D eigenvalue weighted by Gasteiger charge is 2.06. The number of rotatable bonds is 1. The molecule has 0 saturated heterocycles. The molecule has 1 aromatic carbocycles. The van der Waals surface area contributed by atoms with E-state index in [9.17, 15) is 0 Å². The lowest BCUT2D eigenvalue weighted by atomic mass is 9.92. The van der Waals surface area contributed by atoms with Crippen LogP contribution in [0.4, 0.5) is 0 Å². The van der Waals surface area contributed by atoms with E-state index in [1.54, 1.807) is 0 Å². The number of halogens is 1. The molecular weight excluding hydrogens is 200 g/mol. The van der Waals surface area contributed by atoms with Crippen molar-refractivity contribution in [1.29, 1.82) is 0 Å². The summed E-state index contributed by atoms with van der Waals surface area (Å²) in [6, 6.07) is 8.51. The molecule has 2 rings (SSSR count). The second-order valence-electron chi connectivity index (χ2n) is 2.77. The zero-order valence-electron chi connectivity index (χ0n) is 6.18. The van der Waals surface area contributed by atoms with E-state index in [1.165, 1.54) is 24.0 Å². The lowest BCUT2D eigenvalue weighted by Crippen LogP contribution is -1.92. The first-order valence-electron chi connectivity index (χ1n) is 3.81. The monoisotopic (exact) mass is 208 g/mol. The van der Waals surface area contributed by atoms with E-state index < -0.39 is 0 Å². The van der Waals surface area contributed by atoms with E-state index in [0.717, 1.165) is 4.47 Å². The fourth-order valence-corrected chi connectivity index (χ4v) is 1.48. The first-order chi connectivity index (χ1) is 5.36. The SMILES string of the molecule is Brc1ccc(C2=CCC2)cc1. The normalized spacial score (nSPS) is 15.5. The fraction of sp³-hybridized carbons (Fsp3) is 0.200. The van der Waals surface area contributed by atoms with E-state index in [4.69, 9.17) is 0 Å². The molecule has 0 N–H and O–H groups in total. The number of hydrogen-bond donors (Lipinski definition) is 0. The van der Waals surface area contributed by atoms with Crippen molar-refractivity contribution in [3.8, 4) is 0 Å². The van der Waals surface area contributed by atoms with Gasteiger partial charge in [0.25, 0.3) is 0 Å². The van der Waals surface area contributed by atoms with Crippen molar-refractivity contribution in [3.05, 3.63) is 40.4 Å². The summed E-state index contributed by atoms with van der Waals surface area (Å²) in [5.74, 6) is 0. The molecular formula is C10H9Br. The topological polar surface area (TPSA) is 0 Å². The zero-order valence-corrected chi connectivity index (χ0v) is 7.76. The first kappa shape index (κ1) is 7.11. The van der Waals surface area contributed by atoms with Crippen LogP contribution < -0.4 is 0 Å². The molecule has 0 unspecified atom stereocenters. The molecule has 0 fully saturated rings. The van der Waals surface area contributed by atoms with Crippen molar-refractivity contribution in [3.63, 3.8) is 0 Å². The highest BCUT2D eigenvalue weighted by atomic mass is 79.9. The third kappa shape index (κ3) is 1.38. The third-order valence-corrected chi connectivity index (χ3v) is 2.55. The van der Waals surface area contributed by atoms with E-state index >= 15 is 0 Å². The minimum absolute atomic E-state index is 1.15. The van der Waals surface area contributed by atoms with Crippen LogP contribution in [0.1, 0.15) is 18.4 Å².